The molecule has 0 spiro atoms. The van der Waals surface area contributed by atoms with E-state index in [1.54, 1.807) is 7.11 Å². The van der Waals surface area contributed by atoms with Gasteiger partial charge in [-0.15, -0.1) is 11.3 Å². The third-order valence-corrected chi connectivity index (χ3v) is 10.7. The zero-order chi connectivity index (χ0) is 29.4. The van der Waals surface area contributed by atoms with Gasteiger partial charge < -0.3 is 9.47 Å². The lowest BCUT2D eigenvalue weighted by molar-refractivity contribution is -0.142. The number of rotatable bonds is 3. The minimum absolute atomic E-state index is 0.377. The molecule has 1 fully saturated rings. The van der Waals surface area contributed by atoms with Gasteiger partial charge in [0.2, 0.25) is 11.8 Å². The number of benzene rings is 3. The summed E-state index contributed by atoms with van der Waals surface area (Å²) >= 11 is 1.37. The van der Waals surface area contributed by atoms with E-state index in [9.17, 15) is 19.6 Å². The highest BCUT2D eigenvalue weighted by molar-refractivity contribution is 7.17. The van der Waals surface area contributed by atoms with Crippen LogP contribution in [-0.4, -0.2) is 24.9 Å². The molecule has 3 aromatic carbocycles. The summed E-state index contributed by atoms with van der Waals surface area (Å²) < 4.78 is 11.4. The van der Waals surface area contributed by atoms with Gasteiger partial charge in [0.1, 0.15) is 22.6 Å². The van der Waals surface area contributed by atoms with Crippen LogP contribution in [0.5, 0.6) is 11.5 Å². The third kappa shape index (κ3) is 3.68. The zero-order valence-electron chi connectivity index (χ0n) is 23.3. The zero-order valence-corrected chi connectivity index (χ0v) is 24.1. The van der Waals surface area contributed by atoms with Gasteiger partial charge in [-0.1, -0.05) is 54.6 Å². The highest BCUT2D eigenvalue weighted by Gasteiger charge is 2.61. The molecule has 2 aliphatic heterocycles. The predicted molar refractivity (Wildman–Crippen MR) is 162 cm³/mol. The molecule has 0 unspecified atom stereocenters. The van der Waals surface area contributed by atoms with Crippen LogP contribution in [0.1, 0.15) is 45.9 Å². The Morgan fingerprint density at radius 2 is 1.72 bits per heavy atom. The van der Waals surface area contributed by atoms with Gasteiger partial charge >= 0.3 is 5.97 Å². The molecule has 43 heavy (non-hydrogen) atoms. The minimum Gasteiger partial charge on any atom is -0.497 e. The standard InChI is InChI=1S/C35H26N2O5S/c1-41-20-13-10-19(11-14-20)24-16-25-23-15-12-18-6-2-3-7-21(18)31(23)42-35(40)29(25)30-28(24)32(38)37(33(30)39)34-26(17-36)22-8-4-5-9-27(22)43-34/h2-3,6-7,10-16,24,28-30H,4-5,8-9H2,1H3/t24-,28+,29-,30+/m0/s1. The Bertz CT molecular complexity index is 1950. The Morgan fingerprint density at radius 3 is 2.51 bits per heavy atom. The van der Waals surface area contributed by atoms with Gasteiger partial charge in [-0.2, -0.15) is 5.26 Å². The van der Waals surface area contributed by atoms with E-state index in [0.29, 0.717) is 27.6 Å². The molecule has 4 aromatic rings. The van der Waals surface area contributed by atoms with Crippen molar-refractivity contribution in [2.24, 2.45) is 17.8 Å². The van der Waals surface area contributed by atoms with Crippen molar-refractivity contribution in [3.8, 4) is 17.6 Å². The molecule has 212 valence electrons. The van der Waals surface area contributed by atoms with Gasteiger partial charge in [-0.3, -0.25) is 14.4 Å². The lowest BCUT2D eigenvalue weighted by Crippen LogP contribution is -2.42. The fourth-order valence-electron chi connectivity index (χ4n) is 7.46. The van der Waals surface area contributed by atoms with Crippen molar-refractivity contribution in [1.82, 2.24) is 0 Å². The normalized spacial score (nSPS) is 24.0. The van der Waals surface area contributed by atoms with Crippen LogP contribution in [0.4, 0.5) is 5.00 Å². The van der Waals surface area contributed by atoms with Crippen molar-refractivity contribution in [3.05, 3.63) is 93.9 Å². The summed E-state index contributed by atoms with van der Waals surface area (Å²) in [6.07, 6.45) is 5.57. The van der Waals surface area contributed by atoms with Crippen molar-refractivity contribution in [1.29, 1.82) is 5.26 Å². The van der Waals surface area contributed by atoms with E-state index in [2.05, 4.69) is 6.07 Å². The highest BCUT2D eigenvalue weighted by Crippen LogP contribution is 2.56. The first-order valence-electron chi connectivity index (χ1n) is 14.5. The number of hydrogen-bond donors (Lipinski definition) is 0. The summed E-state index contributed by atoms with van der Waals surface area (Å²) in [4.78, 5) is 45.1. The molecule has 0 saturated carbocycles. The average Bonchev–Trinajstić information content (AvgIpc) is 3.53. The second-order valence-electron chi connectivity index (χ2n) is 11.5. The number of ether oxygens (including phenoxy) is 2. The second kappa shape index (κ2) is 9.65. The number of imide groups is 1. The van der Waals surface area contributed by atoms with Crippen LogP contribution in [0, 0.1) is 29.1 Å². The molecule has 3 heterocycles. The first-order chi connectivity index (χ1) is 21.0. The van der Waals surface area contributed by atoms with E-state index in [4.69, 9.17) is 9.47 Å². The van der Waals surface area contributed by atoms with Crippen molar-refractivity contribution >= 4 is 50.5 Å². The molecule has 4 atom stereocenters. The number of nitriles is 1. The van der Waals surface area contributed by atoms with Gasteiger partial charge in [0.15, 0.2) is 0 Å². The summed E-state index contributed by atoms with van der Waals surface area (Å²) in [5, 5.41) is 12.3. The lowest BCUT2D eigenvalue weighted by Gasteiger charge is -2.38. The Morgan fingerprint density at radius 1 is 0.953 bits per heavy atom. The van der Waals surface area contributed by atoms with E-state index >= 15 is 0 Å². The fraction of sp³-hybridized carbons (Fsp3) is 0.257. The molecule has 0 N–H and O–H groups in total. The molecule has 0 radical (unpaired) electrons. The largest absolute Gasteiger partial charge is 0.497 e. The Balaban J connectivity index is 1.32. The number of anilines is 1. The van der Waals surface area contributed by atoms with Crippen LogP contribution < -0.4 is 14.4 Å². The molecular formula is C35H26N2O5S. The first kappa shape index (κ1) is 25.9. The minimum atomic E-state index is -0.961. The van der Waals surface area contributed by atoms with Gasteiger partial charge in [-0.25, -0.2) is 4.90 Å². The maximum absolute atomic E-state index is 14.5. The van der Waals surface area contributed by atoms with E-state index < -0.39 is 35.5 Å². The lowest BCUT2D eigenvalue weighted by atomic mass is 9.64. The van der Waals surface area contributed by atoms with Crippen LogP contribution in [0.2, 0.25) is 0 Å². The number of carbonyl (C=O) groups is 3. The van der Waals surface area contributed by atoms with E-state index in [1.165, 1.54) is 16.2 Å². The summed E-state index contributed by atoms with van der Waals surface area (Å²) in [6.45, 7) is 0. The number of hydrogen-bond acceptors (Lipinski definition) is 7. The molecule has 2 amide bonds. The molecule has 4 aliphatic rings. The van der Waals surface area contributed by atoms with E-state index in [0.717, 1.165) is 58.0 Å². The second-order valence-corrected chi connectivity index (χ2v) is 12.6. The molecule has 0 bridgehead atoms. The van der Waals surface area contributed by atoms with Crippen LogP contribution in [-0.2, 0) is 27.2 Å². The number of carbonyl (C=O) groups excluding carboxylic acids is 3. The maximum atomic E-state index is 14.5. The van der Waals surface area contributed by atoms with Crippen molar-refractivity contribution in [2.75, 3.05) is 12.0 Å². The molecule has 8 heteroatoms. The molecule has 7 nitrogen and oxygen atoms in total. The summed E-state index contributed by atoms with van der Waals surface area (Å²) in [5.74, 6) is -3.40. The van der Waals surface area contributed by atoms with E-state index in [1.807, 2.05) is 66.7 Å². The number of nitrogens with zero attached hydrogens (tertiary/aromatic N) is 2. The number of aryl methyl sites for hydroxylation is 1. The molecular weight excluding hydrogens is 560 g/mol. The Kier molecular flexibility index (Phi) is 5.82. The fourth-order valence-corrected chi connectivity index (χ4v) is 8.81. The van der Waals surface area contributed by atoms with Crippen LogP contribution >= 0.6 is 11.3 Å². The van der Waals surface area contributed by atoms with Gasteiger partial charge in [-0.05, 0) is 59.9 Å². The monoisotopic (exact) mass is 586 g/mol. The van der Waals surface area contributed by atoms with Crippen molar-refractivity contribution < 1.29 is 23.9 Å². The predicted octanol–water partition coefficient (Wildman–Crippen LogP) is 6.18. The average molecular weight is 587 g/mol. The number of methoxy groups -OCH3 is 1. The van der Waals surface area contributed by atoms with Gasteiger partial charge in [0.05, 0.1) is 30.4 Å². The summed E-state index contributed by atoms with van der Waals surface area (Å²) in [5.41, 5.74) is 3.67. The highest BCUT2D eigenvalue weighted by atomic mass is 32.1. The van der Waals surface area contributed by atoms with E-state index in [-0.39, 0.29) is 5.91 Å². The Labute approximate surface area is 251 Å². The third-order valence-electron chi connectivity index (χ3n) is 9.45. The quantitative estimate of drug-likeness (QED) is 0.162. The number of amides is 2. The maximum Gasteiger partial charge on any atom is 0.319 e. The summed E-state index contributed by atoms with van der Waals surface area (Å²) in [6, 6.07) is 21.4. The Hall–Kier alpha value is -4.74. The smallest absolute Gasteiger partial charge is 0.319 e. The number of fused-ring (bicyclic) bond motifs is 8. The SMILES string of the molecule is COc1ccc([C@@H]2C=C3c4ccc5ccccc5c4OC(=O)[C@@H]3[C@@H]3C(=O)N(c4sc5c(c4C#N)CCCC5)C(=O)[C@@H]32)cc1. The van der Waals surface area contributed by atoms with Crippen molar-refractivity contribution in [2.45, 2.75) is 31.6 Å². The van der Waals surface area contributed by atoms with Gasteiger partial charge in [0, 0.05) is 21.7 Å². The molecule has 1 saturated heterocycles. The number of thiophene rings is 1. The van der Waals surface area contributed by atoms with Crippen LogP contribution in [0.25, 0.3) is 16.3 Å². The van der Waals surface area contributed by atoms with Crippen molar-refractivity contribution in [3.63, 3.8) is 0 Å². The first-order valence-corrected chi connectivity index (χ1v) is 15.3. The number of esters is 1. The molecule has 2 aliphatic carbocycles. The van der Waals surface area contributed by atoms with Crippen LogP contribution in [0.3, 0.4) is 0 Å². The topological polar surface area (TPSA) is 96.7 Å². The van der Waals surface area contributed by atoms with Gasteiger partial charge in [0.25, 0.3) is 0 Å². The molecule has 8 rings (SSSR count). The van der Waals surface area contributed by atoms with Crippen LogP contribution in [0.15, 0.2) is 66.7 Å². The molecule has 1 aromatic heterocycles. The summed E-state index contributed by atoms with van der Waals surface area (Å²) in [7, 11) is 1.59. The number of allylic oxidation sites excluding steroid dienone is 1.